The maximum atomic E-state index is 6.32. The molecular weight excluding hydrogens is 380 g/mol. The Morgan fingerprint density at radius 2 is 1.18 bits per heavy atom. The van der Waals surface area contributed by atoms with Gasteiger partial charge in [0.2, 0.25) is 0 Å². The zero-order valence-electron chi connectivity index (χ0n) is 14.9. The van der Waals surface area contributed by atoms with Crippen molar-refractivity contribution in [3.8, 4) is 11.1 Å². The van der Waals surface area contributed by atoms with Crippen molar-refractivity contribution in [1.82, 2.24) is 0 Å². The minimum Gasteiger partial charge on any atom is -0.142 e. The zero-order valence-corrected chi connectivity index (χ0v) is 16.5. The molecule has 6 rings (SSSR count). The van der Waals surface area contributed by atoms with E-state index < -0.39 is 0 Å². The van der Waals surface area contributed by atoms with Gasteiger partial charge in [0.25, 0.3) is 0 Å². The van der Waals surface area contributed by atoms with Crippen LogP contribution in [-0.2, 0) is 0 Å². The van der Waals surface area contributed by atoms with Crippen LogP contribution < -0.4 is 0 Å². The molecule has 0 radical (unpaired) electrons. The van der Waals surface area contributed by atoms with Crippen molar-refractivity contribution in [3.63, 3.8) is 0 Å². The molecule has 0 amide bonds. The third-order valence-electron chi connectivity index (χ3n) is 5.61. The standard InChI is InChI=1S/C26H15ClS/c27-24-15-28-25-14-16(12-13-23(24)25)17-10-5-11-22-20-7-2-1-6-18(20)19-8-3-4-9-21(19)26(17)22/h1-15H. The smallest absolute Gasteiger partial charge is 0.0591 e. The van der Waals surface area contributed by atoms with Gasteiger partial charge in [-0.1, -0.05) is 90.5 Å². The first kappa shape index (κ1) is 16.1. The summed E-state index contributed by atoms with van der Waals surface area (Å²) in [6, 6.07) is 30.7. The Bertz CT molecular complexity index is 1480. The summed E-state index contributed by atoms with van der Waals surface area (Å²) < 4.78 is 1.23. The number of hydrogen-bond donors (Lipinski definition) is 0. The molecule has 0 saturated carbocycles. The Labute approximate surface area is 171 Å². The van der Waals surface area contributed by atoms with Crippen molar-refractivity contribution in [2.45, 2.75) is 0 Å². The van der Waals surface area contributed by atoms with E-state index in [1.165, 1.54) is 48.1 Å². The number of hydrogen-bond acceptors (Lipinski definition) is 1. The van der Waals surface area contributed by atoms with Crippen LogP contribution >= 0.6 is 22.9 Å². The van der Waals surface area contributed by atoms with Gasteiger partial charge in [-0.05, 0) is 49.5 Å². The second-order valence-electron chi connectivity index (χ2n) is 7.11. The van der Waals surface area contributed by atoms with Gasteiger partial charge < -0.3 is 0 Å². The summed E-state index contributed by atoms with van der Waals surface area (Å²) in [4.78, 5) is 0. The first-order chi connectivity index (χ1) is 13.8. The molecule has 0 spiro atoms. The molecule has 1 heterocycles. The van der Waals surface area contributed by atoms with Crippen LogP contribution in [0.5, 0.6) is 0 Å². The highest BCUT2D eigenvalue weighted by molar-refractivity contribution is 7.17. The number of benzene rings is 5. The van der Waals surface area contributed by atoms with Crippen LogP contribution in [0.3, 0.4) is 0 Å². The SMILES string of the molecule is Clc1csc2cc(-c3cccc4c5ccccc5c5ccccc5c34)ccc12. The van der Waals surface area contributed by atoms with E-state index in [1.807, 2.05) is 5.38 Å². The molecule has 0 bridgehead atoms. The van der Waals surface area contributed by atoms with Gasteiger partial charge in [-0.3, -0.25) is 0 Å². The van der Waals surface area contributed by atoms with E-state index in [0.717, 1.165) is 10.4 Å². The molecule has 0 aliphatic rings. The molecule has 132 valence electrons. The maximum absolute atomic E-state index is 6.32. The Morgan fingerprint density at radius 1 is 0.571 bits per heavy atom. The molecule has 0 atom stereocenters. The third kappa shape index (κ3) is 2.24. The summed E-state index contributed by atoms with van der Waals surface area (Å²) in [5, 5.41) is 11.8. The summed E-state index contributed by atoms with van der Waals surface area (Å²) >= 11 is 8.02. The van der Waals surface area contributed by atoms with Crippen LogP contribution in [0.4, 0.5) is 0 Å². The van der Waals surface area contributed by atoms with Gasteiger partial charge in [0.1, 0.15) is 0 Å². The van der Waals surface area contributed by atoms with Gasteiger partial charge in [-0.25, -0.2) is 0 Å². The first-order valence-corrected chi connectivity index (χ1v) is 10.6. The summed E-state index contributed by atoms with van der Waals surface area (Å²) in [6.07, 6.45) is 0. The lowest BCUT2D eigenvalue weighted by molar-refractivity contribution is 1.72. The molecule has 2 heteroatoms. The average molecular weight is 395 g/mol. The van der Waals surface area contributed by atoms with Crippen molar-refractivity contribution in [2.75, 3.05) is 0 Å². The van der Waals surface area contributed by atoms with Crippen molar-refractivity contribution in [1.29, 1.82) is 0 Å². The normalized spacial score (nSPS) is 11.8. The van der Waals surface area contributed by atoms with E-state index in [4.69, 9.17) is 11.6 Å². The second kappa shape index (κ2) is 6.07. The fraction of sp³-hybridized carbons (Fsp3) is 0. The van der Waals surface area contributed by atoms with Crippen molar-refractivity contribution >= 4 is 65.3 Å². The molecule has 28 heavy (non-hydrogen) atoms. The van der Waals surface area contributed by atoms with E-state index in [1.54, 1.807) is 11.3 Å². The summed E-state index contributed by atoms with van der Waals surface area (Å²) in [5.41, 5.74) is 2.50. The van der Waals surface area contributed by atoms with E-state index in [0.29, 0.717) is 0 Å². The molecule has 0 aliphatic heterocycles. The number of thiophene rings is 1. The van der Waals surface area contributed by atoms with Crippen LogP contribution in [0.25, 0.3) is 53.5 Å². The highest BCUT2D eigenvalue weighted by atomic mass is 35.5. The predicted octanol–water partition coefficient (Wildman–Crippen LogP) is 8.68. The minimum absolute atomic E-state index is 0.834. The summed E-state index contributed by atoms with van der Waals surface area (Å²) in [5.74, 6) is 0. The number of halogens is 1. The molecule has 1 aromatic heterocycles. The van der Waals surface area contributed by atoms with Crippen LogP contribution in [-0.4, -0.2) is 0 Å². The fourth-order valence-corrected chi connectivity index (χ4v) is 5.57. The lowest BCUT2D eigenvalue weighted by atomic mass is 9.89. The molecule has 6 aromatic rings. The first-order valence-electron chi connectivity index (χ1n) is 9.30. The van der Waals surface area contributed by atoms with Crippen LogP contribution in [0.15, 0.2) is 90.3 Å². The van der Waals surface area contributed by atoms with E-state index in [-0.39, 0.29) is 0 Å². The van der Waals surface area contributed by atoms with Gasteiger partial charge in [0, 0.05) is 15.5 Å². The lowest BCUT2D eigenvalue weighted by Crippen LogP contribution is -1.87. The van der Waals surface area contributed by atoms with Crippen molar-refractivity contribution in [2.24, 2.45) is 0 Å². The Kier molecular flexibility index (Phi) is 3.49. The molecule has 0 saturated heterocycles. The lowest BCUT2D eigenvalue weighted by Gasteiger charge is -2.14. The van der Waals surface area contributed by atoms with Crippen LogP contribution in [0.1, 0.15) is 0 Å². The average Bonchev–Trinajstić information content (AvgIpc) is 3.13. The summed E-state index contributed by atoms with van der Waals surface area (Å²) in [6.45, 7) is 0. The molecule has 0 N–H and O–H groups in total. The predicted molar refractivity (Wildman–Crippen MR) is 125 cm³/mol. The fourth-order valence-electron chi connectivity index (χ4n) is 4.36. The van der Waals surface area contributed by atoms with E-state index in [2.05, 4.69) is 84.9 Å². The topological polar surface area (TPSA) is 0 Å². The molecular formula is C26H15ClS. The van der Waals surface area contributed by atoms with Gasteiger partial charge in [0.05, 0.1) is 5.02 Å². The highest BCUT2D eigenvalue weighted by Crippen LogP contribution is 2.41. The maximum Gasteiger partial charge on any atom is 0.0591 e. The molecule has 5 aromatic carbocycles. The summed E-state index contributed by atoms with van der Waals surface area (Å²) in [7, 11) is 0. The minimum atomic E-state index is 0.834. The van der Waals surface area contributed by atoms with Crippen molar-refractivity contribution in [3.05, 3.63) is 95.3 Å². The number of fused-ring (bicyclic) bond motifs is 7. The Hall–Kier alpha value is -2.87. The van der Waals surface area contributed by atoms with E-state index in [9.17, 15) is 0 Å². The molecule has 0 aliphatic carbocycles. The van der Waals surface area contributed by atoms with E-state index >= 15 is 0 Å². The van der Waals surface area contributed by atoms with Gasteiger partial charge >= 0.3 is 0 Å². The monoisotopic (exact) mass is 394 g/mol. The molecule has 0 nitrogen and oxygen atoms in total. The van der Waals surface area contributed by atoms with Gasteiger partial charge in [0.15, 0.2) is 0 Å². The molecule has 0 unspecified atom stereocenters. The third-order valence-corrected chi connectivity index (χ3v) is 6.99. The second-order valence-corrected chi connectivity index (χ2v) is 8.43. The largest absolute Gasteiger partial charge is 0.142 e. The van der Waals surface area contributed by atoms with Gasteiger partial charge in [-0.15, -0.1) is 11.3 Å². The molecule has 0 fully saturated rings. The number of rotatable bonds is 1. The van der Waals surface area contributed by atoms with Gasteiger partial charge in [-0.2, -0.15) is 0 Å². The quantitative estimate of drug-likeness (QED) is 0.245. The Morgan fingerprint density at radius 3 is 1.89 bits per heavy atom. The van der Waals surface area contributed by atoms with Crippen LogP contribution in [0.2, 0.25) is 5.02 Å². The zero-order chi connectivity index (χ0) is 18.7. The highest BCUT2D eigenvalue weighted by Gasteiger charge is 2.13. The Balaban J connectivity index is 1.81. The van der Waals surface area contributed by atoms with Crippen molar-refractivity contribution < 1.29 is 0 Å². The van der Waals surface area contributed by atoms with Crippen LogP contribution in [0, 0.1) is 0 Å².